The molecular weight excluding hydrogens is 591 g/mol. The van der Waals surface area contributed by atoms with Gasteiger partial charge < -0.3 is 15.5 Å². The number of amides is 3. The number of anilines is 1. The minimum atomic E-state index is -0.917. The fourth-order valence-electron chi connectivity index (χ4n) is 4.95. The Balaban J connectivity index is 1.23. The van der Waals surface area contributed by atoms with Gasteiger partial charge in [-0.3, -0.25) is 14.4 Å². The van der Waals surface area contributed by atoms with E-state index in [1.807, 2.05) is 0 Å². The highest BCUT2D eigenvalue weighted by Crippen LogP contribution is 2.38. The number of rotatable bonds is 7. The molecule has 1 unspecified atom stereocenters. The van der Waals surface area contributed by atoms with Crippen molar-refractivity contribution < 1.29 is 27.6 Å². The highest BCUT2D eigenvalue weighted by atomic mass is 19.1. The van der Waals surface area contributed by atoms with Gasteiger partial charge in [-0.2, -0.15) is 5.21 Å². The summed E-state index contributed by atoms with van der Waals surface area (Å²) in [6.45, 7) is 1.64. The molecule has 6 rings (SSSR count). The van der Waals surface area contributed by atoms with Crippen LogP contribution in [0.5, 0.6) is 0 Å². The average Bonchev–Trinajstić information content (AvgIpc) is 3.69. The van der Waals surface area contributed by atoms with E-state index in [2.05, 4.69) is 41.2 Å². The third-order valence-electron chi connectivity index (χ3n) is 7.13. The molecule has 1 aliphatic rings. The zero-order chi connectivity index (χ0) is 31.7. The van der Waals surface area contributed by atoms with E-state index < -0.39 is 35.4 Å². The van der Waals surface area contributed by atoms with Crippen LogP contribution in [0, 0.1) is 24.4 Å². The van der Waals surface area contributed by atoms with E-state index in [1.165, 1.54) is 17.0 Å². The van der Waals surface area contributed by atoms with E-state index in [0.717, 1.165) is 18.5 Å². The summed E-state index contributed by atoms with van der Waals surface area (Å²) in [5.41, 5.74) is 2.09. The predicted molar refractivity (Wildman–Crippen MR) is 152 cm³/mol. The molecule has 0 saturated carbocycles. The van der Waals surface area contributed by atoms with Crippen molar-refractivity contribution in [2.45, 2.75) is 19.5 Å². The van der Waals surface area contributed by atoms with Crippen molar-refractivity contribution in [1.82, 2.24) is 41.2 Å². The molecule has 3 heterocycles. The van der Waals surface area contributed by atoms with Crippen LogP contribution in [-0.4, -0.2) is 54.9 Å². The lowest BCUT2D eigenvalue weighted by Crippen LogP contribution is -2.36. The van der Waals surface area contributed by atoms with Crippen molar-refractivity contribution in [2.24, 2.45) is 0 Å². The van der Waals surface area contributed by atoms with E-state index in [1.54, 1.807) is 37.3 Å². The Morgan fingerprint density at radius 2 is 1.69 bits per heavy atom. The van der Waals surface area contributed by atoms with E-state index in [9.17, 15) is 27.6 Å². The summed E-state index contributed by atoms with van der Waals surface area (Å²) in [7, 11) is 0. The lowest BCUT2D eigenvalue weighted by molar-refractivity contribution is 0.0924. The third kappa shape index (κ3) is 6.08. The molecule has 12 nitrogen and oxygen atoms in total. The first-order valence-electron chi connectivity index (χ1n) is 13.5. The molecule has 3 N–H and O–H groups in total. The molecule has 15 heteroatoms. The van der Waals surface area contributed by atoms with Crippen molar-refractivity contribution in [2.75, 3.05) is 11.4 Å². The number of carbonyl (C=O) groups excluding carboxylic acids is 3. The molecule has 0 bridgehead atoms. The largest absolute Gasteiger partial charge is 0.347 e. The molecule has 0 spiro atoms. The third-order valence-corrected chi connectivity index (χ3v) is 7.13. The Morgan fingerprint density at radius 3 is 2.40 bits per heavy atom. The van der Waals surface area contributed by atoms with Gasteiger partial charge in [-0.1, -0.05) is 24.3 Å². The smallest absolute Gasteiger partial charge is 0.270 e. The lowest BCUT2D eigenvalue weighted by Gasteiger charge is -2.19. The Hall–Kier alpha value is -5.99. The minimum absolute atomic E-state index is 0.0736. The van der Waals surface area contributed by atoms with Gasteiger partial charge >= 0.3 is 0 Å². The number of benzene rings is 3. The average molecular weight is 614 g/mol. The van der Waals surface area contributed by atoms with Crippen molar-refractivity contribution in [1.29, 1.82) is 0 Å². The van der Waals surface area contributed by atoms with Crippen LogP contribution < -0.4 is 15.5 Å². The molecular formula is C30H22F3N9O3. The van der Waals surface area contributed by atoms with E-state index in [-0.39, 0.29) is 41.7 Å². The van der Waals surface area contributed by atoms with Gasteiger partial charge in [-0.05, 0) is 47.5 Å². The van der Waals surface area contributed by atoms with Gasteiger partial charge in [-0.15, -0.1) is 10.2 Å². The number of H-pyrrole nitrogens is 1. The van der Waals surface area contributed by atoms with Gasteiger partial charge in [0.25, 0.3) is 17.7 Å². The van der Waals surface area contributed by atoms with Crippen LogP contribution in [-0.2, 0) is 6.54 Å². The highest BCUT2D eigenvalue weighted by Gasteiger charge is 2.35. The maximum atomic E-state index is 14.0. The van der Waals surface area contributed by atoms with Crippen LogP contribution in [0.15, 0.2) is 67.0 Å². The van der Waals surface area contributed by atoms with Gasteiger partial charge in [0.1, 0.15) is 35.2 Å². The molecule has 5 aromatic rings. The molecule has 1 aliphatic heterocycles. The molecule has 0 radical (unpaired) electrons. The van der Waals surface area contributed by atoms with Gasteiger partial charge in [-0.25, -0.2) is 23.1 Å². The number of nitrogens with one attached hydrogen (secondary N) is 3. The Labute approximate surface area is 252 Å². The van der Waals surface area contributed by atoms with Crippen molar-refractivity contribution in [3.8, 4) is 11.4 Å². The van der Waals surface area contributed by atoms with Gasteiger partial charge in [0, 0.05) is 35.4 Å². The number of aryl methyl sites for hydroxylation is 1. The number of halogens is 3. The van der Waals surface area contributed by atoms with Crippen LogP contribution >= 0.6 is 0 Å². The second kappa shape index (κ2) is 11.9. The van der Waals surface area contributed by atoms with Gasteiger partial charge in [0.05, 0.1) is 18.3 Å². The van der Waals surface area contributed by atoms with E-state index >= 15 is 0 Å². The molecule has 2 aromatic heterocycles. The maximum Gasteiger partial charge on any atom is 0.270 e. The zero-order valence-electron chi connectivity index (χ0n) is 23.4. The molecule has 1 atom stereocenters. The van der Waals surface area contributed by atoms with Crippen LogP contribution in [0.25, 0.3) is 11.4 Å². The lowest BCUT2D eigenvalue weighted by atomic mass is 10.1. The topological polar surface area (TPSA) is 159 Å². The second-order valence-corrected chi connectivity index (χ2v) is 10.2. The molecule has 45 heavy (non-hydrogen) atoms. The van der Waals surface area contributed by atoms with Crippen molar-refractivity contribution in [3.05, 3.63) is 118 Å². The number of aromatic nitrogens is 6. The van der Waals surface area contributed by atoms with Crippen LogP contribution in [0.3, 0.4) is 0 Å². The van der Waals surface area contributed by atoms with Crippen LogP contribution in [0.1, 0.15) is 54.1 Å². The molecule has 3 amide bonds. The van der Waals surface area contributed by atoms with E-state index in [4.69, 9.17) is 0 Å². The van der Waals surface area contributed by atoms with Gasteiger partial charge in [0.2, 0.25) is 5.82 Å². The maximum absolute atomic E-state index is 14.0. The summed E-state index contributed by atoms with van der Waals surface area (Å²) in [5, 5.41) is 19.3. The monoisotopic (exact) mass is 613 g/mol. The quantitative estimate of drug-likeness (QED) is 0.252. The molecule has 3 aromatic carbocycles. The highest BCUT2D eigenvalue weighted by molar-refractivity contribution is 6.08. The standard InChI is InChI=1S/C30H22F3N9O3/c1-15-6-16(2-5-22(15)33)12-34-28(43)23-11-24(36-14-35-23)29(44)37-25-13-42(30(45)18-7-19(31)10-20(32)8-18)26-9-17(3-4-21(25)26)27-38-40-41-39-27/h2-11,14,25H,12-13H2,1H3,(H,34,43)(H,37,44)(H,38,39,40,41). The van der Waals surface area contributed by atoms with Crippen molar-refractivity contribution >= 4 is 23.4 Å². The number of carbonyl (C=O) groups is 3. The SMILES string of the molecule is Cc1cc(CNC(=O)c2cc(C(=O)NC3CN(C(=O)c4cc(F)cc(F)c4)c4cc(-c5nn[nH]n5)ccc43)ncn2)ccc1F. The molecule has 0 saturated heterocycles. The summed E-state index contributed by atoms with van der Waals surface area (Å²) in [6, 6.07) is 12.4. The summed E-state index contributed by atoms with van der Waals surface area (Å²) >= 11 is 0. The number of hydrogen-bond donors (Lipinski definition) is 3. The number of aromatic amines is 1. The Morgan fingerprint density at radius 1 is 0.933 bits per heavy atom. The van der Waals surface area contributed by atoms with Crippen LogP contribution in [0.4, 0.5) is 18.9 Å². The van der Waals surface area contributed by atoms with Crippen LogP contribution in [0.2, 0.25) is 0 Å². The molecule has 0 fully saturated rings. The number of hydrogen-bond acceptors (Lipinski definition) is 8. The second-order valence-electron chi connectivity index (χ2n) is 10.2. The Bertz CT molecular complexity index is 1930. The first-order valence-corrected chi connectivity index (χ1v) is 13.5. The molecule has 226 valence electrons. The summed E-state index contributed by atoms with van der Waals surface area (Å²) in [5.74, 6) is -3.88. The minimum Gasteiger partial charge on any atom is -0.347 e. The van der Waals surface area contributed by atoms with Gasteiger partial charge in [0.15, 0.2) is 0 Å². The Kier molecular flexibility index (Phi) is 7.73. The number of nitrogens with zero attached hydrogens (tertiary/aromatic N) is 6. The van der Waals surface area contributed by atoms with E-state index in [0.29, 0.717) is 34.0 Å². The fraction of sp³-hybridized carbons (Fsp3) is 0.133. The first kappa shape index (κ1) is 29.1. The number of fused-ring (bicyclic) bond motifs is 1. The first-order chi connectivity index (χ1) is 21.7. The zero-order valence-corrected chi connectivity index (χ0v) is 23.4. The molecule has 0 aliphatic carbocycles. The summed E-state index contributed by atoms with van der Waals surface area (Å²) in [6.07, 6.45) is 1.07. The normalized spacial score (nSPS) is 13.8. The summed E-state index contributed by atoms with van der Waals surface area (Å²) < 4.78 is 41.5. The number of tetrazole rings is 1. The fourth-order valence-corrected chi connectivity index (χ4v) is 4.95. The summed E-state index contributed by atoms with van der Waals surface area (Å²) in [4.78, 5) is 48.8. The van der Waals surface area contributed by atoms with Crippen molar-refractivity contribution in [3.63, 3.8) is 0 Å². The predicted octanol–water partition coefficient (Wildman–Crippen LogP) is 3.44.